The van der Waals surface area contributed by atoms with E-state index in [-0.39, 0.29) is 17.9 Å². The number of aliphatic carboxylic acids is 1. The highest BCUT2D eigenvalue weighted by atomic mass is 16.4. The minimum atomic E-state index is -0.749. The highest BCUT2D eigenvalue weighted by molar-refractivity contribution is 5.86. The van der Waals surface area contributed by atoms with Gasteiger partial charge in [0.1, 0.15) is 0 Å². The van der Waals surface area contributed by atoms with Gasteiger partial charge in [-0.25, -0.2) is 0 Å². The monoisotopic (exact) mass is 270 g/mol. The van der Waals surface area contributed by atoms with Crippen molar-refractivity contribution in [1.29, 1.82) is 0 Å². The lowest BCUT2D eigenvalue weighted by Crippen LogP contribution is -2.53. The van der Waals surface area contributed by atoms with Crippen molar-refractivity contribution in [2.24, 2.45) is 0 Å². The number of hydrogen-bond acceptors (Lipinski definition) is 3. The van der Waals surface area contributed by atoms with Crippen LogP contribution in [0.2, 0.25) is 0 Å². The van der Waals surface area contributed by atoms with Crippen molar-refractivity contribution < 1.29 is 14.7 Å². The third-order valence-corrected chi connectivity index (χ3v) is 3.71. The maximum absolute atomic E-state index is 12.2. The van der Waals surface area contributed by atoms with Gasteiger partial charge in [-0.1, -0.05) is 19.8 Å². The summed E-state index contributed by atoms with van der Waals surface area (Å²) in [5, 5.41) is 14.9. The highest BCUT2D eigenvalue weighted by Crippen LogP contribution is 2.24. The summed E-state index contributed by atoms with van der Waals surface area (Å²) in [5.74, 6) is -0.633. The fraction of sp³-hybridized carbons (Fsp3) is 0.857. The average Bonchev–Trinajstić information content (AvgIpc) is 2.83. The second kappa shape index (κ2) is 8.15. The molecule has 0 aromatic heterocycles. The predicted octanol–water partition coefficient (Wildman–Crippen LogP) is 1.67. The quantitative estimate of drug-likeness (QED) is 0.557. The smallest absolute Gasteiger partial charge is 0.303 e. The maximum atomic E-state index is 12.2. The number of carbonyl (C=O) groups excluding carboxylic acids is 1. The fourth-order valence-corrected chi connectivity index (χ4v) is 2.70. The lowest BCUT2D eigenvalue weighted by Gasteiger charge is -2.27. The van der Waals surface area contributed by atoms with Crippen molar-refractivity contribution >= 4 is 11.9 Å². The van der Waals surface area contributed by atoms with E-state index in [9.17, 15) is 9.59 Å². The number of carbonyl (C=O) groups is 2. The van der Waals surface area contributed by atoms with Gasteiger partial charge >= 0.3 is 5.97 Å². The summed E-state index contributed by atoms with van der Waals surface area (Å²) >= 11 is 0. The highest BCUT2D eigenvalue weighted by Gasteiger charge is 2.39. The van der Waals surface area contributed by atoms with Crippen LogP contribution in [0.4, 0.5) is 0 Å². The van der Waals surface area contributed by atoms with Gasteiger partial charge in [0.2, 0.25) is 5.91 Å². The Labute approximate surface area is 115 Å². The molecule has 5 heteroatoms. The molecule has 0 radical (unpaired) electrons. The summed E-state index contributed by atoms with van der Waals surface area (Å²) in [5.41, 5.74) is -0.351. The van der Waals surface area contributed by atoms with E-state index in [0.717, 1.165) is 45.1 Å². The van der Waals surface area contributed by atoms with Gasteiger partial charge in [-0.05, 0) is 38.6 Å². The zero-order chi connectivity index (χ0) is 14.1. The van der Waals surface area contributed by atoms with Crippen LogP contribution >= 0.6 is 0 Å². The van der Waals surface area contributed by atoms with Crippen LogP contribution in [0.5, 0.6) is 0 Å². The largest absolute Gasteiger partial charge is 0.481 e. The molecular weight excluding hydrogens is 244 g/mol. The Morgan fingerprint density at radius 1 is 1.32 bits per heavy atom. The number of nitrogens with one attached hydrogen (secondary N) is 2. The molecule has 0 aliphatic carbocycles. The normalized spacial score (nSPS) is 22.4. The molecule has 1 heterocycles. The molecule has 1 rings (SSSR count). The Morgan fingerprint density at radius 3 is 2.68 bits per heavy atom. The zero-order valence-corrected chi connectivity index (χ0v) is 11.8. The molecule has 1 saturated heterocycles. The van der Waals surface area contributed by atoms with Gasteiger partial charge in [0.05, 0.1) is 5.54 Å². The number of carboxylic acid groups (broad SMARTS) is 1. The summed E-state index contributed by atoms with van der Waals surface area (Å²) in [6, 6.07) is 0. The van der Waals surface area contributed by atoms with Crippen LogP contribution in [0.25, 0.3) is 0 Å². The van der Waals surface area contributed by atoms with E-state index in [1.54, 1.807) is 0 Å². The van der Waals surface area contributed by atoms with Crippen molar-refractivity contribution in [3.8, 4) is 0 Å². The first-order valence-corrected chi connectivity index (χ1v) is 7.36. The Bertz CT molecular complexity index is 299. The number of amides is 1. The average molecular weight is 270 g/mol. The molecule has 1 aliphatic rings. The van der Waals surface area contributed by atoms with Crippen LogP contribution in [0.3, 0.4) is 0 Å². The molecule has 1 amide bonds. The van der Waals surface area contributed by atoms with Crippen molar-refractivity contribution in [1.82, 2.24) is 10.6 Å². The van der Waals surface area contributed by atoms with E-state index in [1.807, 2.05) is 0 Å². The Balaban J connectivity index is 2.20. The first-order chi connectivity index (χ1) is 9.10. The standard InChI is InChI=1S/C14H26N2O3/c1-2-8-14(9-6-11-16-14)13(19)15-10-5-3-4-7-12(17)18/h16H,2-11H2,1H3,(H,15,19)(H,17,18). The number of hydrogen-bond donors (Lipinski definition) is 3. The summed E-state index contributed by atoms with van der Waals surface area (Å²) in [4.78, 5) is 22.6. The molecular formula is C14H26N2O3. The molecule has 1 aliphatic heterocycles. The minimum Gasteiger partial charge on any atom is -0.481 e. The molecule has 1 fully saturated rings. The van der Waals surface area contributed by atoms with Crippen molar-refractivity contribution in [3.05, 3.63) is 0 Å². The van der Waals surface area contributed by atoms with Gasteiger partial charge in [0, 0.05) is 13.0 Å². The lowest BCUT2D eigenvalue weighted by molar-refractivity contribution is -0.137. The molecule has 0 aromatic carbocycles. The molecule has 110 valence electrons. The number of carboxylic acids is 1. The fourth-order valence-electron chi connectivity index (χ4n) is 2.70. The molecule has 1 atom stereocenters. The molecule has 5 nitrogen and oxygen atoms in total. The second-order valence-corrected chi connectivity index (χ2v) is 5.32. The summed E-state index contributed by atoms with van der Waals surface area (Å²) in [6.07, 6.45) is 6.47. The van der Waals surface area contributed by atoms with Gasteiger partial charge in [0.15, 0.2) is 0 Å². The van der Waals surface area contributed by atoms with E-state index in [1.165, 1.54) is 0 Å². The molecule has 19 heavy (non-hydrogen) atoms. The van der Waals surface area contributed by atoms with Crippen LogP contribution in [0.1, 0.15) is 58.3 Å². The van der Waals surface area contributed by atoms with Crippen molar-refractivity contribution in [2.45, 2.75) is 63.8 Å². The first kappa shape index (κ1) is 16.0. The predicted molar refractivity (Wildman–Crippen MR) is 74.0 cm³/mol. The second-order valence-electron chi connectivity index (χ2n) is 5.32. The minimum absolute atomic E-state index is 0.116. The third kappa shape index (κ3) is 5.19. The van der Waals surface area contributed by atoms with E-state index >= 15 is 0 Å². The van der Waals surface area contributed by atoms with E-state index in [2.05, 4.69) is 17.6 Å². The molecule has 3 N–H and O–H groups in total. The molecule has 0 aromatic rings. The Hall–Kier alpha value is -1.10. The van der Waals surface area contributed by atoms with Gasteiger partial charge in [-0.3, -0.25) is 9.59 Å². The lowest BCUT2D eigenvalue weighted by atomic mass is 9.91. The summed E-state index contributed by atoms with van der Waals surface area (Å²) < 4.78 is 0. The zero-order valence-electron chi connectivity index (χ0n) is 11.8. The molecule has 0 spiro atoms. The van der Waals surface area contributed by atoms with Crippen molar-refractivity contribution in [3.63, 3.8) is 0 Å². The maximum Gasteiger partial charge on any atom is 0.303 e. The van der Waals surface area contributed by atoms with Crippen LogP contribution < -0.4 is 10.6 Å². The van der Waals surface area contributed by atoms with Gasteiger partial charge < -0.3 is 15.7 Å². The van der Waals surface area contributed by atoms with Crippen molar-refractivity contribution in [2.75, 3.05) is 13.1 Å². The molecule has 0 saturated carbocycles. The summed E-state index contributed by atoms with van der Waals surface area (Å²) in [7, 11) is 0. The van der Waals surface area contributed by atoms with Crippen LogP contribution in [-0.2, 0) is 9.59 Å². The van der Waals surface area contributed by atoms with E-state index < -0.39 is 5.97 Å². The van der Waals surface area contributed by atoms with Gasteiger partial charge in [0.25, 0.3) is 0 Å². The number of unbranched alkanes of at least 4 members (excludes halogenated alkanes) is 2. The Morgan fingerprint density at radius 2 is 2.11 bits per heavy atom. The molecule has 1 unspecified atom stereocenters. The van der Waals surface area contributed by atoms with Gasteiger partial charge in [-0.15, -0.1) is 0 Å². The van der Waals surface area contributed by atoms with Crippen LogP contribution in [-0.4, -0.2) is 35.6 Å². The topological polar surface area (TPSA) is 78.4 Å². The first-order valence-electron chi connectivity index (χ1n) is 7.36. The SMILES string of the molecule is CCCC1(C(=O)NCCCCCC(=O)O)CCCN1. The van der Waals surface area contributed by atoms with E-state index in [4.69, 9.17) is 5.11 Å². The number of rotatable bonds is 9. The van der Waals surface area contributed by atoms with E-state index in [0.29, 0.717) is 13.0 Å². The third-order valence-electron chi connectivity index (χ3n) is 3.71. The van der Waals surface area contributed by atoms with Crippen LogP contribution in [0, 0.1) is 0 Å². The Kier molecular flexibility index (Phi) is 6.84. The van der Waals surface area contributed by atoms with Crippen LogP contribution in [0.15, 0.2) is 0 Å². The molecule has 0 bridgehead atoms. The summed E-state index contributed by atoms with van der Waals surface area (Å²) in [6.45, 7) is 3.67. The van der Waals surface area contributed by atoms with Gasteiger partial charge in [-0.2, -0.15) is 0 Å².